The van der Waals surface area contributed by atoms with Crippen LogP contribution in [0.3, 0.4) is 0 Å². The van der Waals surface area contributed by atoms with E-state index in [9.17, 15) is 4.79 Å². The molecule has 1 fully saturated rings. The highest BCUT2D eigenvalue weighted by Crippen LogP contribution is 2.32. The minimum absolute atomic E-state index is 0.00532. The molecule has 1 aliphatic rings. The third kappa shape index (κ3) is 2.98. The monoisotopic (exact) mass is 317 g/mol. The van der Waals surface area contributed by atoms with Crippen LogP contribution in [0.25, 0.3) is 10.6 Å². The van der Waals surface area contributed by atoms with Crippen molar-refractivity contribution in [2.24, 2.45) is 0 Å². The van der Waals surface area contributed by atoms with Gasteiger partial charge in [-0.05, 0) is 19.1 Å². The summed E-state index contributed by atoms with van der Waals surface area (Å²) in [5, 5.41) is 5.98. The topological polar surface area (TPSA) is 54.5 Å². The number of hydrogen-bond acceptors (Lipinski definition) is 5. The van der Waals surface area contributed by atoms with E-state index in [0.717, 1.165) is 36.0 Å². The van der Waals surface area contributed by atoms with Crippen LogP contribution in [0.2, 0.25) is 0 Å². The lowest BCUT2D eigenvalue weighted by atomic mass is 10.2. The molecule has 2 heterocycles. The number of benzene rings is 1. The summed E-state index contributed by atoms with van der Waals surface area (Å²) in [7, 11) is 1.64. The van der Waals surface area contributed by atoms with Crippen molar-refractivity contribution in [3.63, 3.8) is 0 Å². The van der Waals surface area contributed by atoms with Crippen LogP contribution in [-0.2, 0) is 0 Å². The lowest BCUT2D eigenvalue weighted by molar-refractivity contribution is 0.0704. The quantitative estimate of drug-likeness (QED) is 0.943. The maximum absolute atomic E-state index is 12.6. The van der Waals surface area contributed by atoms with E-state index in [4.69, 9.17) is 4.74 Å². The van der Waals surface area contributed by atoms with Gasteiger partial charge in [0, 0.05) is 31.1 Å². The number of thiazole rings is 1. The first-order valence-corrected chi connectivity index (χ1v) is 8.18. The maximum Gasteiger partial charge on any atom is 0.273 e. The number of piperazine rings is 1. The summed E-state index contributed by atoms with van der Waals surface area (Å²) < 4.78 is 5.36. The molecule has 1 amide bonds. The van der Waals surface area contributed by atoms with Gasteiger partial charge in [0.25, 0.3) is 5.91 Å². The molecule has 1 saturated heterocycles. The van der Waals surface area contributed by atoms with E-state index < -0.39 is 0 Å². The van der Waals surface area contributed by atoms with Gasteiger partial charge in [0.2, 0.25) is 0 Å². The number of nitrogens with zero attached hydrogens (tertiary/aromatic N) is 2. The minimum atomic E-state index is 0.00532. The number of carbonyl (C=O) groups excluding carboxylic acids is 1. The molecule has 0 saturated carbocycles. The lowest BCUT2D eigenvalue weighted by Crippen LogP contribution is -2.51. The number of hydrogen-bond donors (Lipinski definition) is 1. The molecule has 2 aromatic rings. The molecule has 0 spiro atoms. The Morgan fingerprint density at radius 2 is 2.27 bits per heavy atom. The Balaban J connectivity index is 1.83. The smallest absolute Gasteiger partial charge is 0.273 e. The maximum atomic E-state index is 12.6. The molecular formula is C16H19N3O2S. The predicted molar refractivity (Wildman–Crippen MR) is 87.5 cm³/mol. The van der Waals surface area contributed by atoms with Gasteiger partial charge in [-0.3, -0.25) is 4.79 Å². The molecule has 1 aromatic carbocycles. The van der Waals surface area contributed by atoms with E-state index in [1.54, 1.807) is 7.11 Å². The fourth-order valence-electron chi connectivity index (χ4n) is 2.60. The lowest BCUT2D eigenvalue weighted by Gasteiger charge is -2.31. The van der Waals surface area contributed by atoms with Gasteiger partial charge < -0.3 is 15.0 Å². The summed E-state index contributed by atoms with van der Waals surface area (Å²) >= 11 is 1.47. The largest absolute Gasteiger partial charge is 0.496 e. The number of rotatable bonds is 3. The zero-order chi connectivity index (χ0) is 15.5. The Hall–Kier alpha value is -1.92. The Labute approximate surface area is 133 Å². The van der Waals surface area contributed by atoms with E-state index in [1.807, 2.05) is 34.5 Å². The molecule has 1 N–H and O–H groups in total. The van der Waals surface area contributed by atoms with E-state index in [2.05, 4.69) is 17.2 Å². The predicted octanol–water partition coefficient (Wildman–Crippen LogP) is 2.25. The van der Waals surface area contributed by atoms with Crippen LogP contribution >= 0.6 is 11.3 Å². The molecule has 5 nitrogen and oxygen atoms in total. The average molecular weight is 317 g/mol. The van der Waals surface area contributed by atoms with Crippen molar-refractivity contribution < 1.29 is 9.53 Å². The summed E-state index contributed by atoms with van der Waals surface area (Å²) in [5.41, 5.74) is 1.43. The summed E-state index contributed by atoms with van der Waals surface area (Å²) in [6, 6.07) is 8.04. The first-order chi connectivity index (χ1) is 10.7. The summed E-state index contributed by atoms with van der Waals surface area (Å²) in [5.74, 6) is 0.775. The molecule has 0 bridgehead atoms. The molecule has 1 atom stereocenters. The Morgan fingerprint density at radius 1 is 1.45 bits per heavy atom. The zero-order valence-corrected chi connectivity index (χ0v) is 13.5. The zero-order valence-electron chi connectivity index (χ0n) is 12.7. The van der Waals surface area contributed by atoms with Crippen molar-refractivity contribution in [3.8, 4) is 16.3 Å². The van der Waals surface area contributed by atoms with Crippen LogP contribution in [0.4, 0.5) is 0 Å². The van der Waals surface area contributed by atoms with Crippen LogP contribution in [0.5, 0.6) is 5.75 Å². The number of nitrogens with one attached hydrogen (secondary N) is 1. The first kappa shape index (κ1) is 15.0. The molecule has 0 unspecified atom stereocenters. The van der Waals surface area contributed by atoms with E-state index in [-0.39, 0.29) is 5.91 Å². The number of aromatic nitrogens is 1. The number of para-hydroxylation sites is 1. The Kier molecular flexibility index (Phi) is 4.40. The van der Waals surface area contributed by atoms with Crippen LogP contribution < -0.4 is 10.1 Å². The number of ether oxygens (including phenoxy) is 1. The summed E-state index contributed by atoms with van der Waals surface area (Å²) in [4.78, 5) is 18.9. The van der Waals surface area contributed by atoms with E-state index in [1.165, 1.54) is 11.3 Å². The van der Waals surface area contributed by atoms with Gasteiger partial charge in [0.1, 0.15) is 16.5 Å². The molecule has 0 radical (unpaired) electrons. The van der Waals surface area contributed by atoms with Gasteiger partial charge in [0.05, 0.1) is 12.7 Å². The molecule has 3 rings (SSSR count). The van der Waals surface area contributed by atoms with Crippen molar-refractivity contribution in [2.45, 2.75) is 13.0 Å². The average Bonchev–Trinajstić information content (AvgIpc) is 3.04. The first-order valence-electron chi connectivity index (χ1n) is 7.30. The minimum Gasteiger partial charge on any atom is -0.496 e. The highest BCUT2D eigenvalue weighted by molar-refractivity contribution is 7.13. The highest BCUT2D eigenvalue weighted by atomic mass is 32.1. The highest BCUT2D eigenvalue weighted by Gasteiger charge is 2.24. The Bertz CT molecular complexity index is 671. The fourth-order valence-corrected chi connectivity index (χ4v) is 3.42. The van der Waals surface area contributed by atoms with Gasteiger partial charge in [-0.15, -0.1) is 11.3 Å². The molecule has 22 heavy (non-hydrogen) atoms. The number of amides is 1. The van der Waals surface area contributed by atoms with Crippen LogP contribution in [-0.4, -0.2) is 48.6 Å². The normalized spacial score (nSPS) is 18.3. The molecule has 0 aliphatic carbocycles. The van der Waals surface area contributed by atoms with Gasteiger partial charge in [-0.25, -0.2) is 4.98 Å². The van der Waals surface area contributed by atoms with E-state index in [0.29, 0.717) is 11.7 Å². The number of carbonyl (C=O) groups is 1. The standard InChI is InChI=1S/C16H19N3O2S/c1-11-9-19(8-7-17-11)16(20)13-10-22-15(18-13)12-5-3-4-6-14(12)21-2/h3-6,10-11,17H,7-9H2,1-2H3/t11-/m1/s1. The molecule has 6 heteroatoms. The van der Waals surface area contributed by atoms with Crippen LogP contribution in [0, 0.1) is 0 Å². The van der Waals surface area contributed by atoms with Crippen molar-refractivity contribution in [3.05, 3.63) is 35.3 Å². The van der Waals surface area contributed by atoms with Crippen molar-refractivity contribution in [1.82, 2.24) is 15.2 Å². The van der Waals surface area contributed by atoms with Crippen molar-refractivity contribution in [2.75, 3.05) is 26.7 Å². The van der Waals surface area contributed by atoms with E-state index >= 15 is 0 Å². The van der Waals surface area contributed by atoms with Crippen LogP contribution in [0.1, 0.15) is 17.4 Å². The Morgan fingerprint density at radius 3 is 3.05 bits per heavy atom. The molecule has 1 aliphatic heterocycles. The summed E-state index contributed by atoms with van der Waals surface area (Å²) in [6.07, 6.45) is 0. The molecular weight excluding hydrogens is 298 g/mol. The van der Waals surface area contributed by atoms with Gasteiger partial charge in [0.15, 0.2) is 0 Å². The second-order valence-corrected chi connectivity index (χ2v) is 6.20. The molecule has 116 valence electrons. The summed E-state index contributed by atoms with van der Waals surface area (Å²) in [6.45, 7) is 4.36. The third-order valence-corrected chi connectivity index (χ3v) is 4.59. The number of methoxy groups -OCH3 is 1. The SMILES string of the molecule is COc1ccccc1-c1nc(C(=O)N2CCN[C@H](C)C2)cs1. The third-order valence-electron chi connectivity index (χ3n) is 3.72. The van der Waals surface area contributed by atoms with Crippen molar-refractivity contribution >= 4 is 17.2 Å². The van der Waals surface area contributed by atoms with Gasteiger partial charge in [-0.1, -0.05) is 12.1 Å². The van der Waals surface area contributed by atoms with Gasteiger partial charge >= 0.3 is 0 Å². The van der Waals surface area contributed by atoms with Crippen molar-refractivity contribution in [1.29, 1.82) is 0 Å². The second-order valence-electron chi connectivity index (χ2n) is 5.34. The van der Waals surface area contributed by atoms with Gasteiger partial charge in [-0.2, -0.15) is 0 Å². The fraction of sp³-hybridized carbons (Fsp3) is 0.375. The molecule has 1 aromatic heterocycles. The van der Waals surface area contributed by atoms with Crippen LogP contribution in [0.15, 0.2) is 29.6 Å². The second kappa shape index (κ2) is 6.46.